The van der Waals surface area contributed by atoms with Gasteiger partial charge in [-0.25, -0.2) is 0 Å². The van der Waals surface area contributed by atoms with Gasteiger partial charge in [0.25, 0.3) is 5.91 Å². The molecule has 2 amide bonds. The summed E-state index contributed by atoms with van der Waals surface area (Å²) < 4.78 is 2.18. The van der Waals surface area contributed by atoms with E-state index < -0.39 is 0 Å². The second-order valence-corrected chi connectivity index (χ2v) is 8.54. The van der Waals surface area contributed by atoms with E-state index >= 15 is 0 Å². The molecule has 0 spiro atoms. The highest BCUT2D eigenvalue weighted by molar-refractivity contribution is 7.08. The molecule has 4 heterocycles. The van der Waals surface area contributed by atoms with E-state index in [-0.39, 0.29) is 23.7 Å². The predicted molar refractivity (Wildman–Crippen MR) is 100 cm³/mol. The normalized spacial score (nSPS) is 22.6. The van der Waals surface area contributed by atoms with E-state index in [1.54, 1.807) is 11.3 Å². The van der Waals surface area contributed by atoms with Crippen LogP contribution in [0.4, 0.5) is 0 Å². The van der Waals surface area contributed by atoms with Crippen molar-refractivity contribution in [1.29, 1.82) is 0 Å². The molecule has 0 N–H and O–H groups in total. The van der Waals surface area contributed by atoms with E-state index in [0.717, 1.165) is 62.5 Å². The molecule has 0 radical (unpaired) electrons. The second-order valence-electron chi connectivity index (χ2n) is 7.76. The largest absolute Gasteiger partial charge is 0.338 e. The smallest absolute Gasteiger partial charge is 0.254 e. The lowest BCUT2D eigenvalue weighted by Crippen LogP contribution is -2.41. The van der Waals surface area contributed by atoms with Gasteiger partial charge >= 0.3 is 0 Å². The summed E-state index contributed by atoms with van der Waals surface area (Å²) in [7, 11) is 0. The van der Waals surface area contributed by atoms with Gasteiger partial charge in [0.15, 0.2) is 5.82 Å². The number of piperidine rings is 1. The van der Waals surface area contributed by atoms with Crippen molar-refractivity contribution < 1.29 is 9.59 Å². The fourth-order valence-corrected chi connectivity index (χ4v) is 4.83. The second kappa shape index (κ2) is 6.74. The number of thiophene rings is 1. The number of nitrogens with zero attached hydrogens (tertiary/aromatic N) is 5. The number of carbonyl (C=O) groups excluding carboxylic acids is 2. The monoisotopic (exact) mass is 385 g/mol. The van der Waals surface area contributed by atoms with Gasteiger partial charge in [-0.2, -0.15) is 11.3 Å². The molecule has 1 saturated heterocycles. The number of fused-ring (bicyclic) bond motifs is 1. The Bertz CT molecular complexity index is 858. The van der Waals surface area contributed by atoms with E-state index in [2.05, 4.69) is 14.8 Å². The predicted octanol–water partition coefficient (Wildman–Crippen LogP) is 2.11. The van der Waals surface area contributed by atoms with Crippen molar-refractivity contribution in [2.45, 2.75) is 44.7 Å². The Labute approximate surface area is 162 Å². The minimum Gasteiger partial charge on any atom is -0.338 e. The van der Waals surface area contributed by atoms with Gasteiger partial charge in [0.05, 0.1) is 12.1 Å². The van der Waals surface area contributed by atoms with Crippen molar-refractivity contribution >= 4 is 23.2 Å². The highest BCUT2D eigenvalue weighted by Crippen LogP contribution is 2.33. The van der Waals surface area contributed by atoms with Crippen LogP contribution in [0.5, 0.6) is 0 Å². The van der Waals surface area contributed by atoms with Crippen LogP contribution >= 0.6 is 11.3 Å². The molecule has 0 aromatic carbocycles. The SMILES string of the molecule is O=C(c1ccsc1)N1CCCC(c2nnc3n2CCN(C(=O)C2CC2)C3)C1. The first kappa shape index (κ1) is 16.9. The lowest BCUT2D eigenvalue weighted by Gasteiger charge is -2.33. The summed E-state index contributed by atoms with van der Waals surface area (Å²) in [4.78, 5) is 28.9. The fraction of sp³-hybridized carbons (Fsp3) is 0.579. The summed E-state index contributed by atoms with van der Waals surface area (Å²) in [5, 5.41) is 12.7. The number of hydrogen-bond acceptors (Lipinski definition) is 5. The molecule has 0 bridgehead atoms. The maximum atomic E-state index is 12.7. The van der Waals surface area contributed by atoms with Crippen LogP contribution in [-0.2, 0) is 17.9 Å². The maximum absolute atomic E-state index is 12.7. The third-order valence-corrected chi connectivity index (χ3v) is 6.55. The summed E-state index contributed by atoms with van der Waals surface area (Å²) >= 11 is 1.55. The summed E-state index contributed by atoms with van der Waals surface area (Å²) in [5.74, 6) is 2.71. The van der Waals surface area contributed by atoms with Crippen molar-refractivity contribution in [3.8, 4) is 0 Å². The average Bonchev–Trinajstić information content (AvgIpc) is 3.24. The molecule has 8 heteroatoms. The third kappa shape index (κ3) is 3.16. The van der Waals surface area contributed by atoms with Gasteiger partial charge in [0, 0.05) is 43.4 Å². The van der Waals surface area contributed by atoms with Gasteiger partial charge < -0.3 is 14.4 Å². The van der Waals surface area contributed by atoms with Crippen LogP contribution in [0, 0.1) is 5.92 Å². The van der Waals surface area contributed by atoms with E-state index in [4.69, 9.17) is 0 Å². The van der Waals surface area contributed by atoms with E-state index in [0.29, 0.717) is 13.1 Å². The average molecular weight is 385 g/mol. The van der Waals surface area contributed by atoms with Crippen LogP contribution < -0.4 is 0 Å². The lowest BCUT2D eigenvalue weighted by molar-refractivity contribution is -0.134. The van der Waals surface area contributed by atoms with Gasteiger partial charge in [-0.05, 0) is 37.1 Å². The van der Waals surface area contributed by atoms with Gasteiger partial charge in [0.1, 0.15) is 5.82 Å². The van der Waals surface area contributed by atoms with Crippen molar-refractivity contribution in [3.63, 3.8) is 0 Å². The Kier molecular flexibility index (Phi) is 4.22. The molecular formula is C19H23N5O2S. The van der Waals surface area contributed by atoms with Crippen LogP contribution in [0.25, 0.3) is 0 Å². The number of hydrogen-bond donors (Lipinski definition) is 0. The molecule has 1 saturated carbocycles. The molecule has 5 rings (SSSR count). The number of amides is 2. The van der Waals surface area contributed by atoms with Gasteiger partial charge in [0.2, 0.25) is 5.91 Å². The number of carbonyl (C=O) groups is 2. The first-order valence-corrected chi connectivity index (χ1v) is 10.7. The summed E-state index contributed by atoms with van der Waals surface area (Å²) in [6, 6.07) is 1.89. The molecular weight excluding hydrogens is 362 g/mol. The van der Waals surface area contributed by atoms with Crippen molar-refractivity contribution in [2.75, 3.05) is 19.6 Å². The molecule has 7 nitrogen and oxygen atoms in total. The maximum Gasteiger partial charge on any atom is 0.254 e. The quantitative estimate of drug-likeness (QED) is 0.811. The minimum atomic E-state index is 0.112. The van der Waals surface area contributed by atoms with Crippen molar-refractivity contribution in [2.24, 2.45) is 5.92 Å². The fourth-order valence-electron chi connectivity index (χ4n) is 4.20. The first-order valence-electron chi connectivity index (χ1n) is 9.73. The van der Waals surface area contributed by atoms with Crippen LogP contribution in [-0.4, -0.2) is 56.0 Å². The molecule has 1 unspecified atom stereocenters. The summed E-state index contributed by atoms with van der Waals surface area (Å²) in [6.45, 7) is 3.54. The molecule has 27 heavy (non-hydrogen) atoms. The Balaban J connectivity index is 1.31. The van der Waals surface area contributed by atoms with E-state index in [9.17, 15) is 9.59 Å². The van der Waals surface area contributed by atoms with Crippen molar-refractivity contribution in [3.05, 3.63) is 34.0 Å². The lowest BCUT2D eigenvalue weighted by atomic mass is 9.96. The zero-order valence-electron chi connectivity index (χ0n) is 15.2. The molecule has 2 aromatic heterocycles. The molecule has 1 aliphatic carbocycles. The summed E-state index contributed by atoms with van der Waals surface area (Å²) in [5.41, 5.74) is 0.776. The number of likely N-dealkylation sites (tertiary alicyclic amines) is 1. The zero-order valence-corrected chi connectivity index (χ0v) is 16.0. The van der Waals surface area contributed by atoms with Crippen LogP contribution in [0.2, 0.25) is 0 Å². The Morgan fingerprint density at radius 2 is 1.96 bits per heavy atom. The van der Waals surface area contributed by atoms with Crippen molar-refractivity contribution in [1.82, 2.24) is 24.6 Å². The topological polar surface area (TPSA) is 71.3 Å². The first-order chi connectivity index (χ1) is 13.2. The summed E-state index contributed by atoms with van der Waals surface area (Å²) in [6.07, 6.45) is 4.07. The molecule has 2 fully saturated rings. The van der Waals surface area contributed by atoms with E-state index in [1.165, 1.54) is 0 Å². The molecule has 2 aromatic rings. The highest BCUT2D eigenvalue weighted by atomic mass is 32.1. The Morgan fingerprint density at radius 3 is 2.74 bits per heavy atom. The third-order valence-electron chi connectivity index (χ3n) is 5.86. The zero-order chi connectivity index (χ0) is 18.4. The minimum absolute atomic E-state index is 0.112. The van der Waals surface area contributed by atoms with Crippen LogP contribution in [0.1, 0.15) is 53.6 Å². The Hall–Kier alpha value is -2.22. The number of aromatic nitrogens is 3. The molecule has 1 atom stereocenters. The van der Waals surface area contributed by atoms with Crippen LogP contribution in [0.3, 0.4) is 0 Å². The number of rotatable bonds is 3. The van der Waals surface area contributed by atoms with Gasteiger partial charge in [-0.3, -0.25) is 9.59 Å². The molecule has 2 aliphatic heterocycles. The highest BCUT2D eigenvalue weighted by Gasteiger charge is 2.36. The standard InChI is InChI=1S/C19H23N5O2S/c25-18(13-3-4-13)23-7-8-24-16(11-23)20-21-17(24)14-2-1-6-22(10-14)19(26)15-5-9-27-12-15/h5,9,12-14H,1-4,6-8,10-11H2. The molecule has 3 aliphatic rings. The Morgan fingerprint density at radius 1 is 1.07 bits per heavy atom. The molecule has 142 valence electrons. The van der Waals surface area contributed by atoms with Gasteiger partial charge in [-0.15, -0.1) is 10.2 Å². The van der Waals surface area contributed by atoms with Crippen LogP contribution in [0.15, 0.2) is 16.8 Å². The van der Waals surface area contributed by atoms with E-state index in [1.807, 2.05) is 26.6 Å². The van der Waals surface area contributed by atoms with Gasteiger partial charge in [-0.1, -0.05) is 0 Å².